The van der Waals surface area contributed by atoms with Gasteiger partial charge < -0.3 is 15.7 Å². The van der Waals surface area contributed by atoms with Crippen molar-refractivity contribution < 1.29 is 9.90 Å². The zero-order chi connectivity index (χ0) is 12.5. The van der Waals surface area contributed by atoms with Gasteiger partial charge in [0.2, 0.25) is 0 Å². The van der Waals surface area contributed by atoms with Gasteiger partial charge in [-0.25, -0.2) is 0 Å². The predicted molar refractivity (Wildman–Crippen MR) is 67.3 cm³/mol. The Hall–Kier alpha value is -1.39. The maximum absolute atomic E-state index is 11.2. The molecule has 4 heteroatoms. The molecular formula is C13H18N2O2. The second-order valence-corrected chi connectivity index (χ2v) is 4.80. The van der Waals surface area contributed by atoms with Crippen molar-refractivity contribution in [3.8, 4) is 0 Å². The molecule has 1 fully saturated rings. The van der Waals surface area contributed by atoms with E-state index in [1.807, 2.05) is 24.3 Å². The minimum atomic E-state index is -0.487. The van der Waals surface area contributed by atoms with Crippen molar-refractivity contribution in [3.63, 3.8) is 0 Å². The summed E-state index contributed by atoms with van der Waals surface area (Å²) in [5.41, 5.74) is 7.30. The normalized spacial score (nSPS) is 24.1. The van der Waals surface area contributed by atoms with Crippen LogP contribution in [0.4, 0.5) is 5.69 Å². The summed E-state index contributed by atoms with van der Waals surface area (Å²) in [4.78, 5) is 13.3. The van der Waals surface area contributed by atoms with E-state index in [-0.39, 0.29) is 12.4 Å². The van der Waals surface area contributed by atoms with E-state index < -0.39 is 5.54 Å². The lowest BCUT2D eigenvalue weighted by molar-refractivity contribution is 0.101. The van der Waals surface area contributed by atoms with E-state index in [2.05, 4.69) is 4.90 Å². The molecule has 1 saturated heterocycles. The largest absolute Gasteiger partial charge is 0.394 e. The highest BCUT2D eigenvalue weighted by Gasteiger charge is 2.33. The van der Waals surface area contributed by atoms with Crippen LogP contribution in [0.25, 0.3) is 0 Å². The zero-order valence-electron chi connectivity index (χ0n) is 10.0. The molecule has 1 aliphatic rings. The lowest BCUT2D eigenvalue weighted by Crippen LogP contribution is -2.46. The predicted octanol–water partition coefficient (Wildman–Crippen LogP) is 0.789. The van der Waals surface area contributed by atoms with Crippen LogP contribution in [0.2, 0.25) is 0 Å². The Balaban J connectivity index is 2.12. The average Bonchev–Trinajstić information content (AvgIpc) is 2.73. The van der Waals surface area contributed by atoms with Gasteiger partial charge in [-0.1, -0.05) is 0 Å². The summed E-state index contributed by atoms with van der Waals surface area (Å²) in [6.07, 6.45) is 0.790. The Morgan fingerprint density at radius 1 is 1.47 bits per heavy atom. The van der Waals surface area contributed by atoms with Gasteiger partial charge in [0.05, 0.1) is 12.1 Å². The number of carbonyl (C=O) groups is 1. The second-order valence-electron chi connectivity index (χ2n) is 4.80. The molecule has 1 atom stereocenters. The summed E-state index contributed by atoms with van der Waals surface area (Å²) in [7, 11) is 0. The maximum atomic E-state index is 11.2. The standard InChI is InChI=1S/C13H18N2O2/c1-10(17)11-2-4-12(5-3-11)15-7-6-13(14,8-15)9-16/h2-5,16H,6-9,14H2,1H3. The molecular weight excluding hydrogens is 216 g/mol. The van der Waals surface area contributed by atoms with Crippen LogP contribution in [-0.2, 0) is 0 Å². The summed E-state index contributed by atoms with van der Waals surface area (Å²) >= 11 is 0. The number of hydrogen-bond donors (Lipinski definition) is 2. The van der Waals surface area contributed by atoms with E-state index in [1.54, 1.807) is 6.92 Å². The van der Waals surface area contributed by atoms with Crippen LogP contribution in [0, 0.1) is 0 Å². The van der Waals surface area contributed by atoms with E-state index in [4.69, 9.17) is 5.73 Å². The van der Waals surface area contributed by atoms with Crippen LogP contribution in [0.5, 0.6) is 0 Å². The van der Waals surface area contributed by atoms with E-state index in [9.17, 15) is 9.90 Å². The number of nitrogens with zero attached hydrogens (tertiary/aromatic N) is 1. The highest BCUT2D eigenvalue weighted by molar-refractivity contribution is 5.94. The number of aliphatic hydroxyl groups excluding tert-OH is 1. The van der Waals surface area contributed by atoms with Crippen molar-refractivity contribution in [2.75, 3.05) is 24.6 Å². The average molecular weight is 234 g/mol. The minimum absolute atomic E-state index is 0.00896. The number of hydrogen-bond acceptors (Lipinski definition) is 4. The van der Waals surface area contributed by atoms with Crippen molar-refractivity contribution in [2.45, 2.75) is 18.9 Å². The molecule has 3 N–H and O–H groups in total. The lowest BCUT2D eigenvalue weighted by atomic mass is 10.0. The van der Waals surface area contributed by atoms with Gasteiger partial charge in [0.15, 0.2) is 5.78 Å². The summed E-state index contributed by atoms with van der Waals surface area (Å²) in [6.45, 7) is 3.07. The van der Waals surface area contributed by atoms with Gasteiger partial charge in [0, 0.05) is 24.3 Å². The van der Waals surface area contributed by atoms with Gasteiger partial charge in [0.1, 0.15) is 0 Å². The molecule has 0 saturated carbocycles. The summed E-state index contributed by atoms with van der Waals surface area (Å²) in [5.74, 6) is 0.0708. The number of aliphatic hydroxyl groups is 1. The Labute approximate surface area is 101 Å². The first-order valence-corrected chi connectivity index (χ1v) is 5.80. The van der Waals surface area contributed by atoms with Crippen molar-refractivity contribution in [3.05, 3.63) is 29.8 Å². The molecule has 1 aliphatic heterocycles. The van der Waals surface area contributed by atoms with Crippen molar-refractivity contribution in [1.82, 2.24) is 0 Å². The number of ketones is 1. The highest BCUT2D eigenvalue weighted by atomic mass is 16.3. The molecule has 0 radical (unpaired) electrons. The molecule has 0 aromatic heterocycles. The first-order chi connectivity index (χ1) is 8.04. The smallest absolute Gasteiger partial charge is 0.159 e. The summed E-state index contributed by atoms with van der Waals surface area (Å²) in [5, 5.41) is 9.21. The van der Waals surface area contributed by atoms with E-state index in [1.165, 1.54) is 0 Å². The fourth-order valence-corrected chi connectivity index (χ4v) is 2.15. The molecule has 0 aliphatic carbocycles. The topological polar surface area (TPSA) is 66.6 Å². The lowest BCUT2D eigenvalue weighted by Gasteiger charge is -2.23. The van der Waals surface area contributed by atoms with E-state index in [0.29, 0.717) is 12.1 Å². The van der Waals surface area contributed by atoms with Crippen molar-refractivity contribution >= 4 is 11.5 Å². The Bertz CT molecular complexity index is 416. The third-order valence-electron chi connectivity index (χ3n) is 3.34. The Morgan fingerprint density at radius 3 is 2.59 bits per heavy atom. The third kappa shape index (κ3) is 2.48. The number of rotatable bonds is 3. The quantitative estimate of drug-likeness (QED) is 0.759. The molecule has 2 rings (SSSR count). The molecule has 1 heterocycles. The van der Waals surface area contributed by atoms with Gasteiger partial charge in [-0.3, -0.25) is 4.79 Å². The van der Waals surface area contributed by atoms with Gasteiger partial charge in [-0.15, -0.1) is 0 Å². The van der Waals surface area contributed by atoms with Gasteiger partial charge in [-0.2, -0.15) is 0 Å². The maximum Gasteiger partial charge on any atom is 0.159 e. The fourth-order valence-electron chi connectivity index (χ4n) is 2.15. The molecule has 0 bridgehead atoms. The molecule has 1 unspecified atom stereocenters. The Kier molecular flexibility index (Phi) is 3.17. The van der Waals surface area contributed by atoms with Crippen LogP contribution < -0.4 is 10.6 Å². The van der Waals surface area contributed by atoms with Gasteiger partial charge >= 0.3 is 0 Å². The number of Topliss-reactive ketones (excluding diaryl/α,β-unsaturated/α-hetero) is 1. The van der Waals surface area contributed by atoms with Gasteiger partial charge in [0.25, 0.3) is 0 Å². The number of nitrogens with two attached hydrogens (primary N) is 1. The number of anilines is 1. The fraction of sp³-hybridized carbons (Fsp3) is 0.462. The van der Waals surface area contributed by atoms with Gasteiger partial charge in [-0.05, 0) is 37.6 Å². The van der Waals surface area contributed by atoms with Crippen LogP contribution in [0.3, 0.4) is 0 Å². The highest BCUT2D eigenvalue weighted by Crippen LogP contribution is 2.25. The molecule has 92 valence electrons. The third-order valence-corrected chi connectivity index (χ3v) is 3.34. The van der Waals surface area contributed by atoms with Crippen molar-refractivity contribution in [1.29, 1.82) is 0 Å². The minimum Gasteiger partial charge on any atom is -0.394 e. The first kappa shape index (κ1) is 12.1. The first-order valence-electron chi connectivity index (χ1n) is 5.80. The van der Waals surface area contributed by atoms with E-state index in [0.717, 1.165) is 18.7 Å². The molecule has 1 aromatic rings. The Morgan fingerprint density at radius 2 is 2.12 bits per heavy atom. The molecule has 4 nitrogen and oxygen atoms in total. The van der Waals surface area contributed by atoms with Crippen LogP contribution in [0.1, 0.15) is 23.7 Å². The SMILES string of the molecule is CC(=O)c1ccc(N2CCC(N)(CO)C2)cc1. The van der Waals surface area contributed by atoms with Crippen LogP contribution >= 0.6 is 0 Å². The monoisotopic (exact) mass is 234 g/mol. The zero-order valence-corrected chi connectivity index (χ0v) is 10.0. The number of carbonyl (C=O) groups excluding carboxylic acids is 1. The van der Waals surface area contributed by atoms with Crippen LogP contribution in [0.15, 0.2) is 24.3 Å². The molecule has 17 heavy (non-hydrogen) atoms. The summed E-state index contributed by atoms with van der Waals surface area (Å²) < 4.78 is 0. The number of benzene rings is 1. The molecule has 1 aromatic carbocycles. The second kappa shape index (κ2) is 4.47. The summed E-state index contributed by atoms with van der Waals surface area (Å²) in [6, 6.07) is 7.51. The van der Waals surface area contributed by atoms with Crippen molar-refractivity contribution in [2.24, 2.45) is 5.73 Å². The molecule has 0 amide bonds. The van der Waals surface area contributed by atoms with Crippen LogP contribution in [-0.4, -0.2) is 36.1 Å². The molecule has 0 spiro atoms. The van der Waals surface area contributed by atoms with E-state index >= 15 is 0 Å².